The first-order valence-electron chi connectivity index (χ1n) is 7.02. The summed E-state index contributed by atoms with van der Waals surface area (Å²) in [6.45, 7) is 0.0972. The minimum Gasteiger partial charge on any atom is -0.493 e. The van der Waals surface area contributed by atoms with Crippen LogP contribution in [0.4, 0.5) is 0 Å². The van der Waals surface area contributed by atoms with Crippen molar-refractivity contribution in [3.8, 4) is 23.1 Å². The van der Waals surface area contributed by atoms with Crippen molar-refractivity contribution >= 4 is 10.9 Å². The molecule has 0 saturated carbocycles. The van der Waals surface area contributed by atoms with Gasteiger partial charge in [0, 0.05) is 6.07 Å². The monoisotopic (exact) mass is 311 g/mol. The summed E-state index contributed by atoms with van der Waals surface area (Å²) in [7, 11) is 1.55. The molecular weight excluding hydrogens is 296 g/mol. The molecule has 3 rings (SSSR count). The molecule has 0 aliphatic carbocycles. The molecule has 1 aromatic heterocycles. The molecule has 117 valence electrons. The number of ether oxygens (including phenoxy) is 3. The number of fused-ring (bicyclic) bond motifs is 1. The Morgan fingerprint density at radius 2 is 2.13 bits per heavy atom. The molecule has 1 N–H and O–H groups in total. The Morgan fingerprint density at radius 1 is 1.22 bits per heavy atom. The molecule has 0 atom stereocenters. The molecule has 1 heterocycles. The van der Waals surface area contributed by atoms with E-state index in [-0.39, 0.29) is 13.2 Å². The standard InChI is InChI=1S/C17H15N2O4/c1-21-15-9-13-14(10-16(15)22-8-7-20)18-11-19-17(13)23-12-5-3-2-4-6-12/h2-3,5-6,9-11,20H,7-8H2,1H3. The first-order chi connectivity index (χ1) is 11.3. The van der Waals surface area contributed by atoms with E-state index in [9.17, 15) is 0 Å². The maximum Gasteiger partial charge on any atom is 0.230 e. The minimum absolute atomic E-state index is 0.0795. The van der Waals surface area contributed by atoms with E-state index in [2.05, 4.69) is 16.0 Å². The number of aromatic nitrogens is 2. The largest absolute Gasteiger partial charge is 0.493 e. The summed E-state index contributed by atoms with van der Waals surface area (Å²) in [6, 6.07) is 13.6. The normalized spacial score (nSPS) is 10.5. The van der Waals surface area contributed by atoms with Crippen LogP contribution in [0, 0.1) is 6.07 Å². The lowest BCUT2D eigenvalue weighted by molar-refractivity contribution is 0.196. The van der Waals surface area contributed by atoms with Crippen LogP contribution in [-0.4, -0.2) is 35.4 Å². The van der Waals surface area contributed by atoms with Crippen LogP contribution in [-0.2, 0) is 0 Å². The van der Waals surface area contributed by atoms with Crippen LogP contribution < -0.4 is 14.2 Å². The highest BCUT2D eigenvalue weighted by Crippen LogP contribution is 2.35. The van der Waals surface area contributed by atoms with Gasteiger partial charge in [-0.3, -0.25) is 0 Å². The molecule has 2 aromatic carbocycles. The van der Waals surface area contributed by atoms with Crippen LogP contribution in [0.15, 0.2) is 42.7 Å². The van der Waals surface area contributed by atoms with Crippen LogP contribution in [0.2, 0.25) is 0 Å². The van der Waals surface area contributed by atoms with Gasteiger partial charge in [0.1, 0.15) is 18.7 Å². The van der Waals surface area contributed by atoms with E-state index in [1.54, 1.807) is 31.4 Å². The molecule has 0 aliphatic rings. The zero-order valence-electron chi connectivity index (χ0n) is 12.5. The summed E-state index contributed by atoms with van der Waals surface area (Å²) in [5.74, 6) is 2.07. The molecule has 0 spiro atoms. The average Bonchev–Trinajstić information content (AvgIpc) is 2.60. The first-order valence-corrected chi connectivity index (χ1v) is 7.02. The smallest absolute Gasteiger partial charge is 0.230 e. The number of aliphatic hydroxyl groups excluding tert-OH is 1. The van der Waals surface area contributed by atoms with E-state index in [4.69, 9.17) is 19.3 Å². The van der Waals surface area contributed by atoms with Crippen LogP contribution in [0.5, 0.6) is 23.1 Å². The number of rotatable bonds is 6. The lowest BCUT2D eigenvalue weighted by Gasteiger charge is -2.12. The van der Waals surface area contributed by atoms with Gasteiger partial charge in [-0.1, -0.05) is 12.1 Å². The third-order valence-electron chi connectivity index (χ3n) is 3.13. The number of benzene rings is 2. The second-order valence-corrected chi connectivity index (χ2v) is 4.61. The van der Waals surface area contributed by atoms with E-state index < -0.39 is 0 Å². The second kappa shape index (κ2) is 6.93. The fraction of sp³-hybridized carbons (Fsp3) is 0.176. The van der Waals surface area contributed by atoms with Crippen molar-refractivity contribution in [3.63, 3.8) is 0 Å². The highest BCUT2D eigenvalue weighted by molar-refractivity contribution is 5.87. The quantitative estimate of drug-likeness (QED) is 0.754. The number of nitrogens with zero attached hydrogens (tertiary/aromatic N) is 2. The van der Waals surface area contributed by atoms with Crippen LogP contribution >= 0.6 is 0 Å². The van der Waals surface area contributed by atoms with E-state index in [0.717, 1.165) is 0 Å². The fourth-order valence-corrected chi connectivity index (χ4v) is 2.10. The van der Waals surface area contributed by atoms with E-state index in [0.29, 0.717) is 34.0 Å². The molecule has 0 bridgehead atoms. The zero-order valence-corrected chi connectivity index (χ0v) is 12.5. The van der Waals surface area contributed by atoms with Crippen molar-refractivity contribution in [1.82, 2.24) is 9.97 Å². The third-order valence-corrected chi connectivity index (χ3v) is 3.13. The maximum absolute atomic E-state index is 8.90. The van der Waals surface area contributed by atoms with Gasteiger partial charge in [0.25, 0.3) is 0 Å². The van der Waals surface area contributed by atoms with Gasteiger partial charge in [-0.2, -0.15) is 0 Å². The summed E-state index contributed by atoms with van der Waals surface area (Å²) in [4.78, 5) is 8.42. The van der Waals surface area contributed by atoms with Crippen molar-refractivity contribution in [1.29, 1.82) is 0 Å². The molecule has 0 unspecified atom stereocenters. The predicted octanol–water partition coefficient (Wildman–Crippen LogP) is 2.60. The number of hydrogen-bond acceptors (Lipinski definition) is 6. The van der Waals surface area contributed by atoms with Crippen molar-refractivity contribution < 1.29 is 19.3 Å². The SMILES string of the molecule is COc1cc2c(Oc3c[c]ccc3)ncnc2cc1OCCO. The molecule has 0 aliphatic heterocycles. The highest BCUT2D eigenvalue weighted by atomic mass is 16.5. The van der Waals surface area contributed by atoms with Gasteiger partial charge >= 0.3 is 0 Å². The van der Waals surface area contributed by atoms with Gasteiger partial charge < -0.3 is 19.3 Å². The molecule has 6 nitrogen and oxygen atoms in total. The van der Waals surface area contributed by atoms with Crippen LogP contribution in [0.25, 0.3) is 10.9 Å². The zero-order chi connectivity index (χ0) is 16.1. The summed E-state index contributed by atoms with van der Waals surface area (Å²) in [5, 5.41) is 9.60. The number of hydrogen-bond donors (Lipinski definition) is 1. The average molecular weight is 311 g/mol. The van der Waals surface area contributed by atoms with Gasteiger partial charge in [-0.25, -0.2) is 9.97 Å². The van der Waals surface area contributed by atoms with Crippen molar-refractivity contribution in [2.45, 2.75) is 0 Å². The van der Waals surface area contributed by atoms with Gasteiger partial charge in [0.15, 0.2) is 11.5 Å². The van der Waals surface area contributed by atoms with Crippen LogP contribution in [0.1, 0.15) is 0 Å². The Morgan fingerprint density at radius 3 is 2.87 bits per heavy atom. The van der Waals surface area contributed by atoms with Crippen LogP contribution in [0.3, 0.4) is 0 Å². The maximum atomic E-state index is 8.90. The van der Waals surface area contributed by atoms with Crippen molar-refractivity contribution in [2.75, 3.05) is 20.3 Å². The van der Waals surface area contributed by atoms with E-state index in [1.165, 1.54) is 6.33 Å². The predicted molar refractivity (Wildman–Crippen MR) is 84.0 cm³/mol. The lowest BCUT2D eigenvalue weighted by atomic mass is 10.2. The fourth-order valence-electron chi connectivity index (χ4n) is 2.10. The summed E-state index contributed by atoms with van der Waals surface area (Å²) in [6.07, 6.45) is 1.42. The topological polar surface area (TPSA) is 73.7 Å². The molecule has 6 heteroatoms. The molecule has 0 saturated heterocycles. The van der Waals surface area contributed by atoms with Gasteiger partial charge in [0.2, 0.25) is 5.88 Å². The molecule has 0 fully saturated rings. The summed E-state index contributed by atoms with van der Waals surface area (Å²) >= 11 is 0. The molecule has 23 heavy (non-hydrogen) atoms. The van der Waals surface area contributed by atoms with Crippen molar-refractivity contribution in [3.05, 3.63) is 48.8 Å². The Kier molecular flexibility index (Phi) is 4.54. The summed E-state index contributed by atoms with van der Waals surface area (Å²) in [5.41, 5.74) is 0.656. The Labute approximate surface area is 133 Å². The lowest BCUT2D eigenvalue weighted by Crippen LogP contribution is -2.03. The van der Waals surface area contributed by atoms with E-state index >= 15 is 0 Å². The number of aliphatic hydroxyl groups is 1. The Balaban J connectivity index is 2.03. The Hall–Kier alpha value is -2.86. The first kappa shape index (κ1) is 15.1. The molecular formula is C17H15N2O4. The van der Waals surface area contributed by atoms with E-state index in [1.807, 2.05) is 12.1 Å². The number of methoxy groups -OCH3 is 1. The van der Waals surface area contributed by atoms with Gasteiger partial charge in [-0.05, 0) is 24.3 Å². The Bertz CT molecular complexity index is 793. The molecule has 0 amide bonds. The van der Waals surface area contributed by atoms with Crippen molar-refractivity contribution in [2.24, 2.45) is 0 Å². The molecule has 3 aromatic rings. The second-order valence-electron chi connectivity index (χ2n) is 4.61. The van der Waals surface area contributed by atoms with Gasteiger partial charge in [0.05, 0.1) is 24.6 Å². The van der Waals surface area contributed by atoms with Gasteiger partial charge in [-0.15, -0.1) is 0 Å². The minimum atomic E-state index is -0.0795. The molecule has 1 radical (unpaired) electrons. The highest BCUT2D eigenvalue weighted by Gasteiger charge is 2.13. The summed E-state index contributed by atoms with van der Waals surface area (Å²) < 4.78 is 16.6. The third kappa shape index (κ3) is 3.32.